The van der Waals surface area contributed by atoms with E-state index in [1.165, 1.54) is 10.9 Å². The van der Waals surface area contributed by atoms with Gasteiger partial charge in [0.15, 0.2) is 11.6 Å². The number of anilines is 8. The fraction of sp³-hybridized carbons (Fsp3) is 0.267. The van der Waals surface area contributed by atoms with Crippen molar-refractivity contribution in [1.82, 2.24) is 24.5 Å². The van der Waals surface area contributed by atoms with Gasteiger partial charge in [0.05, 0.1) is 31.2 Å². The molecule has 3 aromatic rings. The zero-order valence-corrected chi connectivity index (χ0v) is 15.2. The van der Waals surface area contributed by atoms with Crippen LogP contribution in [-0.2, 0) is 13.1 Å². The first kappa shape index (κ1) is 19.1. The molecule has 28 heavy (non-hydrogen) atoms. The molecule has 0 aromatic carbocycles. The van der Waals surface area contributed by atoms with Gasteiger partial charge >= 0.3 is 0 Å². The smallest absolute Gasteiger partial charge is 0.156 e. The number of nitrogens with one attached hydrogen (secondary N) is 3. The molecule has 13 nitrogen and oxygen atoms in total. The van der Waals surface area contributed by atoms with Gasteiger partial charge in [0, 0.05) is 6.54 Å². The van der Waals surface area contributed by atoms with E-state index in [9.17, 15) is 5.21 Å². The summed E-state index contributed by atoms with van der Waals surface area (Å²) < 4.78 is 3.08. The Labute approximate surface area is 160 Å². The van der Waals surface area contributed by atoms with Gasteiger partial charge in [-0.15, -0.1) is 0 Å². The third-order valence-corrected chi connectivity index (χ3v) is 4.07. The summed E-state index contributed by atoms with van der Waals surface area (Å²) in [7, 11) is 0. The van der Waals surface area contributed by atoms with Crippen molar-refractivity contribution in [3.8, 4) is 0 Å². The van der Waals surface area contributed by atoms with Crippen molar-refractivity contribution >= 4 is 46.0 Å². The summed E-state index contributed by atoms with van der Waals surface area (Å²) in [5.41, 5.74) is 21.7. The summed E-state index contributed by atoms with van der Waals surface area (Å²) in [6.07, 6.45) is 3.09. The Kier molecular flexibility index (Phi) is 5.37. The quantitative estimate of drug-likeness (QED) is 0.249. The molecule has 0 amide bonds. The molecule has 3 heterocycles. The van der Waals surface area contributed by atoms with E-state index in [4.69, 9.17) is 22.3 Å². The van der Waals surface area contributed by atoms with E-state index in [2.05, 4.69) is 25.8 Å². The SMILES string of the molecule is CCn1ncc(Nc2nc(N)c(NO)cc2Nc2cnn(CCO)c2N)c1N. The fourth-order valence-corrected chi connectivity index (χ4v) is 2.59. The molecule has 0 aliphatic carbocycles. The second-order valence-electron chi connectivity index (χ2n) is 5.83. The van der Waals surface area contributed by atoms with Crippen LogP contribution < -0.4 is 33.3 Å². The lowest BCUT2D eigenvalue weighted by molar-refractivity contribution is 0.270. The van der Waals surface area contributed by atoms with Crippen LogP contribution in [0.3, 0.4) is 0 Å². The van der Waals surface area contributed by atoms with Crippen LogP contribution in [0.5, 0.6) is 0 Å². The summed E-state index contributed by atoms with van der Waals surface area (Å²) in [6.45, 7) is 2.70. The number of rotatable bonds is 8. The largest absolute Gasteiger partial charge is 0.394 e. The van der Waals surface area contributed by atoms with E-state index in [0.717, 1.165) is 0 Å². The molecule has 3 aromatic heterocycles. The van der Waals surface area contributed by atoms with Gasteiger partial charge in [0.2, 0.25) is 0 Å². The Hall–Kier alpha value is -3.71. The van der Waals surface area contributed by atoms with Crippen LogP contribution in [0.15, 0.2) is 18.5 Å². The van der Waals surface area contributed by atoms with Gasteiger partial charge in [-0.3, -0.25) is 10.7 Å². The molecule has 0 saturated heterocycles. The molecule has 0 aliphatic rings. The highest BCUT2D eigenvalue weighted by Gasteiger charge is 2.16. The molecule has 13 heteroatoms. The molecule has 0 unspecified atom stereocenters. The molecule has 11 N–H and O–H groups in total. The van der Waals surface area contributed by atoms with Crippen molar-refractivity contribution in [2.45, 2.75) is 20.0 Å². The average molecular weight is 389 g/mol. The first-order valence-electron chi connectivity index (χ1n) is 8.46. The van der Waals surface area contributed by atoms with E-state index in [1.54, 1.807) is 16.9 Å². The minimum absolute atomic E-state index is 0.0703. The highest BCUT2D eigenvalue weighted by Crippen LogP contribution is 2.34. The standard InChI is InChI=1S/C15H23N11O2/c1-2-25-13(17)11(7-19-25)22-15-9(5-8(24-28)12(16)23-15)21-10-6-20-26(3-4-27)14(10)18/h5-7,21,24,27-28H,2-4,17-18H2,1H3,(H3,16,22,23). The molecule has 3 rings (SSSR count). The number of aliphatic hydroxyl groups is 1. The van der Waals surface area contributed by atoms with Gasteiger partial charge in [0.25, 0.3) is 0 Å². The predicted molar refractivity (Wildman–Crippen MR) is 107 cm³/mol. The number of nitrogen functional groups attached to an aromatic ring is 3. The molecule has 0 saturated carbocycles. The lowest BCUT2D eigenvalue weighted by atomic mass is 10.3. The second-order valence-corrected chi connectivity index (χ2v) is 5.83. The number of aryl methyl sites for hydroxylation is 1. The molecule has 0 atom stereocenters. The second kappa shape index (κ2) is 7.89. The summed E-state index contributed by atoms with van der Waals surface area (Å²) in [5.74, 6) is 1.18. The van der Waals surface area contributed by atoms with Gasteiger partial charge < -0.3 is 32.9 Å². The molecule has 0 bridgehead atoms. The van der Waals surface area contributed by atoms with E-state index in [-0.39, 0.29) is 24.7 Å². The van der Waals surface area contributed by atoms with Crippen LogP contribution in [0.2, 0.25) is 0 Å². The predicted octanol–water partition coefficient (Wildman–Crippen LogP) is 0.522. The highest BCUT2D eigenvalue weighted by molar-refractivity contribution is 5.85. The van der Waals surface area contributed by atoms with E-state index in [0.29, 0.717) is 41.1 Å². The van der Waals surface area contributed by atoms with E-state index >= 15 is 0 Å². The van der Waals surface area contributed by atoms with Gasteiger partial charge in [-0.25, -0.2) is 14.3 Å². The highest BCUT2D eigenvalue weighted by atomic mass is 16.5. The summed E-state index contributed by atoms with van der Waals surface area (Å²) in [6, 6.07) is 1.55. The number of nitrogens with two attached hydrogens (primary N) is 3. The maximum Gasteiger partial charge on any atom is 0.156 e. The zero-order valence-electron chi connectivity index (χ0n) is 15.2. The average Bonchev–Trinajstić information content (AvgIpc) is 3.21. The van der Waals surface area contributed by atoms with E-state index in [1.807, 2.05) is 12.4 Å². The molecular formula is C15H23N11O2. The minimum atomic E-state index is -0.0964. The lowest BCUT2D eigenvalue weighted by Gasteiger charge is -2.15. The van der Waals surface area contributed by atoms with Crippen LogP contribution in [0.4, 0.5) is 46.0 Å². The molecule has 0 fully saturated rings. The zero-order chi connectivity index (χ0) is 20.3. The van der Waals surface area contributed by atoms with Crippen LogP contribution >= 0.6 is 0 Å². The Morgan fingerprint density at radius 1 is 0.964 bits per heavy atom. The minimum Gasteiger partial charge on any atom is -0.394 e. The number of hydrogen-bond acceptors (Lipinski definition) is 11. The van der Waals surface area contributed by atoms with E-state index < -0.39 is 0 Å². The Morgan fingerprint density at radius 2 is 1.61 bits per heavy atom. The Balaban J connectivity index is 1.97. The molecular weight excluding hydrogens is 366 g/mol. The lowest BCUT2D eigenvalue weighted by Crippen LogP contribution is -2.09. The van der Waals surface area contributed by atoms with Gasteiger partial charge in [-0.05, 0) is 13.0 Å². The summed E-state index contributed by atoms with van der Waals surface area (Å²) in [5, 5.41) is 32.8. The maximum atomic E-state index is 9.28. The van der Waals surface area contributed by atoms with Crippen molar-refractivity contribution < 1.29 is 10.3 Å². The van der Waals surface area contributed by atoms with Gasteiger partial charge in [-0.1, -0.05) is 0 Å². The van der Waals surface area contributed by atoms with Crippen LogP contribution in [0.1, 0.15) is 6.92 Å². The first-order chi connectivity index (χ1) is 13.5. The monoisotopic (exact) mass is 389 g/mol. The van der Waals surface area contributed by atoms with Crippen molar-refractivity contribution in [2.75, 3.05) is 39.9 Å². The third-order valence-electron chi connectivity index (χ3n) is 4.07. The molecule has 150 valence electrons. The normalized spacial score (nSPS) is 10.8. The molecule has 0 spiro atoms. The Bertz CT molecular complexity index is 965. The third kappa shape index (κ3) is 3.56. The molecule has 0 aliphatic heterocycles. The number of aromatic nitrogens is 5. The van der Waals surface area contributed by atoms with Crippen molar-refractivity contribution in [3.63, 3.8) is 0 Å². The van der Waals surface area contributed by atoms with Crippen molar-refractivity contribution in [2.24, 2.45) is 0 Å². The fourth-order valence-electron chi connectivity index (χ4n) is 2.59. The van der Waals surface area contributed by atoms with Crippen LogP contribution in [0, 0.1) is 0 Å². The van der Waals surface area contributed by atoms with Crippen molar-refractivity contribution in [1.29, 1.82) is 0 Å². The number of aliphatic hydroxyl groups excluding tert-OH is 1. The van der Waals surface area contributed by atoms with Crippen molar-refractivity contribution in [3.05, 3.63) is 18.5 Å². The van der Waals surface area contributed by atoms with Crippen LogP contribution in [0.25, 0.3) is 0 Å². The van der Waals surface area contributed by atoms with Crippen LogP contribution in [-0.4, -0.2) is 41.5 Å². The number of hydrogen-bond donors (Lipinski definition) is 8. The van der Waals surface area contributed by atoms with Gasteiger partial charge in [-0.2, -0.15) is 10.2 Å². The Morgan fingerprint density at radius 3 is 2.21 bits per heavy atom. The summed E-state index contributed by atoms with van der Waals surface area (Å²) in [4.78, 5) is 4.27. The number of pyridine rings is 1. The number of nitrogens with zero attached hydrogens (tertiary/aromatic N) is 5. The van der Waals surface area contributed by atoms with Gasteiger partial charge in [0.1, 0.15) is 28.7 Å². The summed E-state index contributed by atoms with van der Waals surface area (Å²) >= 11 is 0. The maximum absolute atomic E-state index is 9.28. The molecule has 0 radical (unpaired) electrons. The topological polar surface area (TPSA) is 203 Å². The first-order valence-corrected chi connectivity index (χ1v) is 8.46.